The van der Waals surface area contributed by atoms with Crippen molar-refractivity contribution in [2.45, 2.75) is 51.2 Å². The van der Waals surface area contributed by atoms with Gasteiger partial charge in [0.25, 0.3) is 0 Å². The van der Waals surface area contributed by atoms with Crippen LogP contribution in [-0.4, -0.2) is 34.8 Å². The average Bonchev–Trinajstić information content (AvgIpc) is 2.76. The quantitative estimate of drug-likeness (QED) is 0.769. The Hall–Kier alpha value is -0.870. The number of H-pyrrole nitrogens is 1. The first kappa shape index (κ1) is 12.6. The number of nitrogens with one attached hydrogen (secondary N) is 2. The third-order valence-corrected chi connectivity index (χ3v) is 3.28. The molecule has 1 saturated heterocycles. The Bertz CT molecular complexity index is 321. The van der Waals surface area contributed by atoms with E-state index < -0.39 is 0 Å². The minimum absolute atomic E-state index is 0.0386. The maximum atomic E-state index is 5.71. The van der Waals surface area contributed by atoms with E-state index >= 15 is 0 Å². The Morgan fingerprint density at radius 2 is 2.47 bits per heavy atom. The van der Waals surface area contributed by atoms with Crippen LogP contribution in [0.15, 0.2) is 12.4 Å². The summed E-state index contributed by atoms with van der Waals surface area (Å²) in [5, 5.41) is 3.62. The van der Waals surface area contributed by atoms with E-state index in [1.54, 1.807) is 0 Å². The van der Waals surface area contributed by atoms with E-state index in [4.69, 9.17) is 4.74 Å². The molecule has 1 aliphatic rings. The first-order chi connectivity index (χ1) is 8.16. The zero-order chi connectivity index (χ0) is 12.1. The maximum Gasteiger partial charge on any atom is 0.106 e. The number of hydrogen-bond acceptors (Lipinski definition) is 3. The zero-order valence-electron chi connectivity index (χ0n) is 10.8. The molecule has 0 bridgehead atoms. The molecule has 1 aliphatic heterocycles. The Kier molecular flexibility index (Phi) is 4.18. The lowest BCUT2D eigenvalue weighted by Crippen LogP contribution is -2.44. The van der Waals surface area contributed by atoms with Gasteiger partial charge in [-0.15, -0.1) is 0 Å². The van der Waals surface area contributed by atoms with Crippen LogP contribution in [0.4, 0.5) is 0 Å². The van der Waals surface area contributed by atoms with Crippen LogP contribution in [-0.2, 0) is 11.2 Å². The molecule has 0 spiro atoms. The molecule has 1 atom stereocenters. The van der Waals surface area contributed by atoms with Gasteiger partial charge in [-0.05, 0) is 39.7 Å². The first-order valence-corrected chi connectivity index (χ1v) is 6.51. The third kappa shape index (κ3) is 4.13. The molecule has 96 valence electrons. The predicted octanol–water partition coefficient (Wildman–Crippen LogP) is 1.89. The van der Waals surface area contributed by atoms with Crippen molar-refractivity contribution in [2.75, 3.05) is 13.2 Å². The maximum absolute atomic E-state index is 5.71. The smallest absolute Gasteiger partial charge is 0.106 e. The lowest BCUT2D eigenvalue weighted by atomic mass is 9.94. The molecule has 1 aromatic heterocycles. The van der Waals surface area contributed by atoms with Crippen molar-refractivity contribution in [3.05, 3.63) is 18.2 Å². The average molecular weight is 237 g/mol. The van der Waals surface area contributed by atoms with E-state index in [-0.39, 0.29) is 5.60 Å². The van der Waals surface area contributed by atoms with E-state index in [0.717, 1.165) is 44.7 Å². The molecule has 2 N–H and O–H groups in total. The van der Waals surface area contributed by atoms with E-state index in [0.29, 0.717) is 6.04 Å². The third-order valence-electron chi connectivity index (χ3n) is 3.28. The van der Waals surface area contributed by atoms with Crippen LogP contribution < -0.4 is 5.32 Å². The lowest BCUT2D eigenvalue weighted by Gasteiger charge is -2.36. The van der Waals surface area contributed by atoms with Gasteiger partial charge < -0.3 is 15.0 Å². The van der Waals surface area contributed by atoms with Crippen LogP contribution in [0.5, 0.6) is 0 Å². The van der Waals surface area contributed by atoms with Crippen molar-refractivity contribution in [1.82, 2.24) is 15.3 Å². The van der Waals surface area contributed by atoms with Gasteiger partial charge in [0.1, 0.15) is 5.82 Å². The fourth-order valence-corrected chi connectivity index (χ4v) is 2.40. The minimum Gasteiger partial charge on any atom is -0.375 e. The van der Waals surface area contributed by atoms with E-state index in [1.165, 1.54) is 0 Å². The largest absolute Gasteiger partial charge is 0.375 e. The second kappa shape index (κ2) is 5.65. The molecule has 0 saturated carbocycles. The molecular weight excluding hydrogens is 214 g/mol. The molecule has 1 fully saturated rings. The van der Waals surface area contributed by atoms with Gasteiger partial charge in [-0.1, -0.05) is 0 Å². The van der Waals surface area contributed by atoms with Crippen molar-refractivity contribution in [3.63, 3.8) is 0 Å². The summed E-state index contributed by atoms with van der Waals surface area (Å²) in [6.45, 7) is 6.28. The topological polar surface area (TPSA) is 49.9 Å². The molecule has 2 heterocycles. The van der Waals surface area contributed by atoms with Gasteiger partial charge in [-0.2, -0.15) is 0 Å². The van der Waals surface area contributed by atoms with Gasteiger partial charge in [-0.3, -0.25) is 0 Å². The molecule has 0 aromatic carbocycles. The monoisotopic (exact) mass is 237 g/mol. The predicted molar refractivity (Wildman–Crippen MR) is 68.0 cm³/mol. The summed E-state index contributed by atoms with van der Waals surface area (Å²) in [5.41, 5.74) is 0.0386. The van der Waals surface area contributed by atoms with Crippen LogP contribution in [0.25, 0.3) is 0 Å². The highest BCUT2D eigenvalue weighted by Crippen LogP contribution is 2.23. The van der Waals surface area contributed by atoms with Crippen molar-refractivity contribution >= 4 is 0 Å². The molecule has 4 heteroatoms. The highest BCUT2D eigenvalue weighted by molar-refractivity contribution is 4.87. The summed E-state index contributed by atoms with van der Waals surface area (Å²) in [6.07, 6.45) is 8.07. The molecule has 0 aliphatic carbocycles. The normalized spacial score (nSPS) is 23.8. The second-order valence-electron chi connectivity index (χ2n) is 5.39. The number of rotatable bonds is 5. The number of nitrogens with zero attached hydrogens (tertiary/aromatic N) is 1. The molecule has 0 amide bonds. The van der Waals surface area contributed by atoms with E-state index in [1.807, 2.05) is 12.4 Å². The van der Waals surface area contributed by atoms with E-state index in [2.05, 4.69) is 29.1 Å². The molecule has 2 rings (SSSR count). The fraction of sp³-hybridized carbons (Fsp3) is 0.769. The Balaban J connectivity index is 1.62. The summed E-state index contributed by atoms with van der Waals surface area (Å²) in [4.78, 5) is 7.35. The summed E-state index contributed by atoms with van der Waals surface area (Å²) >= 11 is 0. The van der Waals surface area contributed by atoms with Crippen LogP contribution in [0, 0.1) is 0 Å². The van der Waals surface area contributed by atoms with Crippen LogP contribution >= 0.6 is 0 Å². The summed E-state index contributed by atoms with van der Waals surface area (Å²) in [7, 11) is 0. The fourth-order valence-electron chi connectivity index (χ4n) is 2.40. The minimum atomic E-state index is 0.0386. The van der Waals surface area contributed by atoms with Gasteiger partial charge in [-0.25, -0.2) is 4.98 Å². The Labute approximate surface area is 103 Å². The summed E-state index contributed by atoms with van der Waals surface area (Å²) in [5.74, 6) is 1.08. The van der Waals surface area contributed by atoms with Crippen LogP contribution in [0.3, 0.4) is 0 Å². The van der Waals surface area contributed by atoms with Crippen molar-refractivity contribution in [1.29, 1.82) is 0 Å². The van der Waals surface area contributed by atoms with Crippen LogP contribution in [0.1, 0.15) is 38.9 Å². The van der Waals surface area contributed by atoms with Gasteiger partial charge in [0.2, 0.25) is 0 Å². The van der Waals surface area contributed by atoms with Gasteiger partial charge >= 0.3 is 0 Å². The van der Waals surface area contributed by atoms with E-state index in [9.17, 15) is 0 Å². The summed E-state index contributed by atoms with van der Waals surface area (Å²) in [6, 6.07) is 0.607. The van der Waals surface area contributed by atoms with Gasteiger partial charge in [0.15, 0.2) is 0 Å². The number of hydrogen-bond donors (Lipinski definition) is 2. The highest BCUT2D eigenvalue weighted by atomic mass is 16.5. The summed E-state index contributed by atoms with van der Waals surface area (Å²) < 4.78 is 5.71. The second-order valence-corrected chi connectivity index (χ2v) is 5.39. The Morgan fingerprint density at radius 1 is 1.59 bits per heavy atom. The Morgan fingerprint density at radius 3 is 3.18 bits per heavy atom. The molecule has 1 unspecified atom stereocenters. The number of aromatic nitrogens is 2. The molecule has 1 aromatic rings. The SMILES string of the molecule is CC1(C)CC(NCCCc2ncc[nH]2)CCO1. The molecular formula is C13H23N3O. The van der Waals surface area contributed by atoms with Crippen molar-refractivity contribution < 1.29 is 4.74 Å². The lowest BCUT2D eigenvalue weighted by molar-refractivity contribution is -0.0627. The number of aromatic amines is 1. The number of imidazole rings is 1. The molecule has 0 radical (unpaired) electrons. The van der Waals surface area contributed by atoms with Gasteiger partial charge in [0.05, 0.1) is 5.60 Å². The highest BCUT2D eigenvalue weighted by Gasteiger charge is 2.28. The van der Waals surface area contributed by atoms with Gasteiger partial charge in [0, 0.05) is 31.5 Å². The number of ether oxygens (including phenoxy) is 1. The number of aryl methyl sites for hydroxylation is 1. The van der Waals surface area contributed by atoms with Crippen molar-refractivity contribution in [2.24, 2.45) is 0 Å². The molecule has 4 nitrogen and oxygen atoms in total. The van der Waals surface area contributed by atoms with Crippen molar-refractivity contribution in [3.8, 4) is 0 Å². The standard InChI is InChI=1S/C13H23N3O/c1-13(2)10-11(5-9-17-13)14-6-3-4-12-15-7-8-16-12/h7-8,11,14H,3-6,9-10H2,1-2H3,(H,15,16). The van der Waals surface area contributed by atoms with Crippen LogP contribution in [0.2, 0.25) is 0 Å². The zero-order valence-corrected chi connectivity index (χ0v) is 10.8. The first-order valence-electron chi connectivity index (χ1n) is 6.51. The molecule has 17 heavy (non-hydrogen) atoms.